The van der Waals surface area contributed by atoms with Gasteiger partial charge < -0.3 is 4.74 Å². The van der Waals surface area contributed by atoms with Gasteiger partial charge in [-0.3, -0.25) is 4.79 Å². The zero-order chi connectivity index (χ0) is 19.7. The number of hydrogen-bond acceptors (Lipinski definition) is 5. The predicted molar refractivity (Wildman–Crippen MR) is 114 cm³/mol. The van der Waals surface area contributed by atoms with Gasteiger partial charge in [0.25, 0.3) is 5.56 Å². The number of methoxy groups -OCH3 is 1. The molecule has 0 N–H and O–H groups in total. The number of ether oxygens (including phenoxy) is 1. The molecule has 0 fully saturated rings. The van der Waals surface area contributed by atoms with Gasteiger partial charge in [-0.05, 0) is 30.3 Å². The van der Waals surface area contributed by atoms with Gasteiger partial charge in [0.05, 0.1) is 16.7 Å². The van der Waals surface area contributed by atoms with E-state index in [1.165, 1.54) is 15.9 Å². The van der Waals surface area contributed by atoms with Crippen molar-refractivity contribution >= 4 is 51.7 Å². The summed E-state index contributed by atoms with van der Waals surface area (Å²) in [5, 5.41) is 5.26. The van der Waals surface area contributed by atoms with Crippen LogP contribution in [-0.4, -0.2) is 21.7 Å². The quantitative estimate of drug-likeness (QED) is 0.483. The van der Waals surface area contributed by atoms with E-state index >= 15 is 0 Å². The molecule has 2 aromatic heterocycles. The fourth-order valence-electron chi connectivity index (χ4n) is 2.68. The molecule has 0 saturated carbocycles. The van der Waals surface area contributed by atoms with E-state index in [4.69, 9.17) is 27.9 Å². The minimum Gasteiger partial charge on any atom is -0.496 e. The molecule has 2 heterocycles. The lowest BCUT2D eigenvalue weighted by Crippen LogP contribution is -2.23. The third-order valence-electron chi connectivity index (χ3n) is 4.02. The van der Waals surface area contributed by atoms with Gasteiger partial charge in [0.2, 0.25) is 4.96 Å². The van der Waals surface area contributed by atoms with Crippen molar-refractivity contribution in [3.8, 4) is 17.1 Å². The summed E-state index contributed by atoms with van der Waals surface area (Å²) in [6.45, 7) is 0. The summed E-state index contributed by atoms with van der Waals surface area (Å²) in [5.41, 5.74) is 1.32. The highest BCUT2D eigenvalue weighted by molar-refractivity contribution is 7.15. The van der Waals surface area contributed by atoms with Crippen molar-refractivity contribution < 1.29 is 4.74 Å². The summed E-state index contributed by atoms with van der Waals surface area (Å²) in [6.07, 6.45) is 5.43. The normalized spacial score (nSPS) is 12.3. The first-order valence-corrected chi connectivity index (χ1v) is 9.80. The van der Waals surface area contributed by atoms with Gasteiger partial charge in [0.1, 0.15) is 5.75 Å². The van der Waals surface area contributed by atoms with Gasteiger partial charge in [0.15, 0.2) is 5.82 Å². The largest absolute Gasteiger partial charge is 0.496 e. The number of thiazole rings is 1. The Kier molecular flexibility index (Phi) is 5.17. The molecule has 0 aliphatic carbocycles. The highest BCUT2D eigenvalue weighted by atomic mass is 35.5. The number of allylic oxidation sites excluding steroid dienone is 1. The van der Waals surface area contributed by atoms with Crippen molar-refractivity contribution in [2.75, 3.05) is 7.11 Å². The third-order valence-corrected chi connectivity index (χ3v) is 5.54. The average molecular weight is 430 g/mol. The van der Waals surface area contributed by atoms with E-state index in [0.29, 0.717) is 30.9 Å². The van der Waals surface area contributed by atoms with Crippen LogP contribution >= 0.6 is 34.5 Å². The van der Waals surface area contributed by atoms with Crippen LogP contribution in [0, 0.1) is 0 Å². The second kappa shape index (κ2) is 7.75. The van der Waals surface area contributed by atoms with Gasteiger partial charge in [-0.25, -0.2) is 0 Å². The molecule has 0 radical (unpaired) electrons. The van der Waals surface area contributed by atoms with Crippen molar-refractivity contribution in [1.82, 2.24) is 14.6 Å². The standard InChI is InChI=1S/C20H13Cl2N3O2S/c1-27-16-7-3-2-5-12(16)6-4-8-17-19(26)25-20(28-17)23-18(24-25)14-10-9-13(21)11-15(14)22/h2-11H,1H3. The molecular weight excluding hydrogens is 417 g/mol. The highest BCUT2D eigenvalue weighted by Crippen LogP contribution is 2.28. The van der Waals surface area contributed by atoms with Crippen LogP contribution in [0.1, 0.15) is 5.56 Å². The van der Waals surface area contributed by atoms with E-state index in [0.717, 1.165) is 11.3 Å². The van der Waals surface area contributed by atoms with Crippen molar-refractivity contribution in [2.24, 2.45) is 0 Å². The SMILES string of the molecule is COc1ccccc1C=CC=c1sc2nc(-c3ccc(Cl)cc3Cl)nn2c1=O. The van der Waals surface area contributed by atoms with Gasteiger partial charge in [-0.1, -0.05) is 64.9 Å². The number of nitrogens with zero attached hydrogens (tertiary/aromatic N) is 3. The number of fused-ring (bicyclic) bond motifs is 1. The van der Waals surface area contributed by atoms with Crippen LogP contribution in [0.15, 0.2) is 53.3 Å². The van der Waals surface area contributed by atoms with E-state index < -0.39 is 0 Å². The van der Waals surface area contributed by atoms with E-state index in [1.54, 1.807) is 31.4 Å². The summed E-state index contributed by atoms with van der Waals surface area (Å²) in [7, 11) is 1.62. The summed E-state index contributed by atoms with van der Waals surface area (Å²) in [4.78, 5) is 17.5. The first kappa shape index (κ1) is 18.7. The first-order valence-electron chi connectivity index (χ1n) is 8.23. The molecule has 8 heteroatoms. The van der Waals surface area contributed by atoms with Crippen LogP contribution in [0.3, 0.4) is 0 Å². The fourth-order valence-corrected chi connectivity index (χ4v) is 4.03. The molecule has 4 rings (SSSR count). The van der Waals surface area contributed by atoms with Crippen LogP contribution in [0.4, 0.5) is 0 Å². The van der Waals surface area contributed by atoms with Gasteiger partial charge in [-0.15, -0.1) is 5.10 Å². The van der Waals surface area contributed by atoms with E-state index in [1.807, 2.05) is 36.4 Å². The Morgan fingerprint density at radius 1 is 1.18 bits per heavy atom. The maximum Gasteiger partial charge on any atom is 0.291 e. The minimum atomic E-state index is -0.228. The Balaban J connectivity index is 1.69. The number of hydrogen-bond donors (Lipinski definition) is 0. The third kappa shape index (κ3) is 3.54. The van der Waals surface area contributed by atoms with Crippen molar-refractivity contribution in [1.29, 1.82) is 0 Å². The van der Waals surface area contributed by atoms with Crippen LogP contribution in [0.2, 0.25) is 10.0 Å². The first-order chi connectivity index (χ1) is 13.6. The Hall–Kier alpha value is -2.67. The molecule has 4 aromatic rings. The topological polar surface area (TPSA) is 56.5 Å². The van der Waals surface area contributed by atoms with E-state index in [9.17, 15) is 4.79 Å². The van der Waals surface area contributed by atoms with Gasteiger partial charge in [0, 0.05) is 16.1 Å². The molecule has 0 spiro atoms. The maximum atomic E-state index is 12.6. The Bertz CT molecular complexity index is 1310. The molecular formula is C20H13Cl2N3O2S. The summed E-state index contributed by atoms with van der Waals surface area (Å²) < 4.78 is 7.13. The second-order valence-electron chi connectivity index (χ2n) is 5.79. The Morgan fingerprint density at radius 2 is 2.00 bits per heavy atom. The molecule has 28 heavy (non-hydrogen) atoms. The van der Waals surface area contributed by atoms with Gasteiger partial charge >= 0.3 is 0 Å². The average Bonchev–Trinajstić information content (AvgIpc) is 3.22. The summed E-state index contributed by atoms with van der Waals surface area (Å²) in [6, 6.07) is 12.7. The molecule has 0 saturated heterocycles. The van der Waals surface area contributed by atoms with Crippen molar-refractivity contribution in [3.63, 3.8) is 0 Å². The summed E-state index contributed by atoms with van der Waals surface area (Å²) in [5.74, 6) is 1.16. The Morgan fingerprint density at radius 3 is 2.75 bits per heavy atom. The highest BCUT2D eigenvalue weighted by Gasteiger charge is 2.14. The smallest absolute Gasteiger partial charge is 0.291 e. The molecule has 0 amide bonds. The molecule has 140 valence electrons. The molecule has 0 aliphatic rings. The fraction of sp³-hybridized carbons (Fsp3) is 0.0500. The lowest BCUT2D eigenvalue weighted by Gasteiger charge is -2.02. The number of benzene rings is 2. The molecule has 0 atom stereocenters. The second-order valence-corrected chi connectivity index (χ2v) is 7.65. The minimum absolute atomic E-state index is 0.228. The van der Waals surface area contributed by atoms with E-state index in [-0.39, 0.29) is 5.56 Å². The van der Waals surface area contributed by atoms with Crippen LogP contribution in [0.5, 0.6) is 5.75 Å². The van der Waals surface area contributed by atoms with Crippen LogP contribution in [0.25, 0.3) is 28.5 Å². The number of rotatable bonds is 4. The zero-order valence-electron chi connectivity index (χ0n) is 14.6. The monoisotopic (exact) mass is 429 g/mol. The number of halogens is 2. The lowest BCUT2D eigenvalue weighted by molar-refractivity contribution is 0.414. The number of para-hydroxylation sites is 1. The Labute approximate surface area is 174 Å². The van der Waals surface area contributed by atoms with Gasteiger partial charge in [-0.2, -0.15) is 9.50 Å². The molecule has 0 unspecified atom stereocenters. The van der Waals surface area contributed by atoms with E-state index in [2.05, 4.69) is 10.1 Å². The molecule has 2 aromatic carbocycles. The lowest BCUT2D eigenvalue weighted by atomic mass is 10.2. The molecule has 5 nitrogen and oxygen atoms in total. The van der Waals surface area contributed by atoms with Crippen LogP contribution in [-0.2, 0) is 0 Å². The molecule has 0 aliphatic heterocycles. The molecule has 0 bridgehead atoms. The maximum absolute atomic E-state index is 12.6. The van der Waals surface area contributed by atoms with Crippen molar-refractivity contribution in [3.05, 3.63) is 79.0 Å². The van der Waals surface area contributed by atoms with Crippen LogP contribution < -0.4 is 14.8 Å². The number of aromatic nitrogens is 3. The van der Waals surface area contributed by atoms with Crippen molar-refractivity contribution in [2.45, 2.75) is 0 Å². The zero-order valence-corrected chi connectivity index (χ0v) is 16.9. The summed E-state index contributed by atoms with van der Waals surface area (Å²) >= 11 is 13.4. The predicted octanol–water partition coefficient (Wildman–Crippen LogP) is 4.35.